The molecule has 8 heteroatoms. The molecule has 0 bridgehead atoms. The van der Waals surface area contributed by atoms with Crippen molar-refractivity contribution < 1.29 is 0 Å². The van der Waals surface area contributed by atoms with Gasteiger partial charge < -0.3 is 15.2 Å². The minimum absolute atomic E-state index is 0. The van der Waals surface area contributed by atoms with Crippen LogP contribution in [-0.2, 0) is 25.9 Å². The molecule has 0 spiro atoms. The molecule has 0 fully saturated rings. The van der Waals surface area contributed by atoms with Crippen molar-refractivity contribution >= 4 is 41.5 Å². The van der Waals surface area contributed by atoms with Crippen molar-refractivity contribution in [2.24, 2.45) is 4.99 Å². The first-order valence-corrected chi connectivity index (χ1v) is 9.82. The van der Waals surface area contributed by atoms with Gasteiger partial charge in [-0.3, -0.25) is 0 Å². The van der Waals surface area contributed by atoms with Crippen LogP contribution in [-0.4, -0.2) is 33.8 Å². The summed E-state index contributed by atoms with van der Waals surface area (Å²) in [7, 11) is 0. The highest BCUT2D eigenvalue weighted by atomic mass is 127. The molecular formula is C19H28ClIN6. The van der Waals surface area contributed by atoms with Crippen LogP contribution in [0.4, 0.5) is 0 Å². The maximum Gasteiger partial charge on any atom is 0.191 e. The summed E-state index contributed by atoms with van der Waals surface area (Å²) in [5.41, 5.74) is 1.14. The topological polar surface area (TPSA) is 67.1 Å². The minimum atomic E-state index is 0. The third-order valence-electron chi connectivity index (χ3n) is 4.55. The molecule has 148 valence electrons. The van der Waals surface area contributed by atoms with E-state index in [0.717, 1.165) is 60.7 Å². The normalized spacial score (nSPS) is 14.1. The van der Waals surface area contributed by atoms with Gasteiger partial charge in [-0.2, -0.15) is 0 Å². The first kappa shape index (κ1) is 21.9. The van der Waals surface area contributed by atoms with Gasteiger partial charge in [0.15, 0.2) is 11.8 Å². The SMILES string of the molecule is CCNC(=NCc1nnc2n1CCCCC2)NCCc1ccccc1Cl.I. The molecule has 1 aromatic carbocycles. The highest BCUT2D eigenvalue weighted by molar-refractivity contribution is 14.0. The number of rotatable bonds is 6. The van der Waals surface area contributed by atoms with Crippen molar-refractivity contribution in [1.82, 2.24) is 25.4 Å². The summed E-state index contributed by atoms with van der Waals surface area (Å²) >= 11 is 6.22. The first-order chi connectivity index (χ1) is 12.8. The van der Waals surface area contributed by atoms with Gasteiger partial charge >= 0.3 is 0 Å². The molecular weight excluding hydrogens is 475 g/mol. The Bertz CT molecular complexity index is 746. The number of aromatic nitrogens is 3. The largest absolute Gasteiger partial charge is 0.357 e. The molecule has 2 aromatic rings. The van der Waals surface area contributed by atoms with Crippen LogP contribution in [0, 0.1) is 0 Å². The van der Waals surface area contributed by atoms with E-state index in [2.05, 4.69) is 43.4 Å². The molecule has 0 radical (unpaired) electrons. The summed E-state index contributed by atoms with van der Waals surface area (Å²) in [5, 5.41) is 16.2. The molecule has 27 heavy (non-hydrogen) atoms. The first-order valence-electron chi connectivity index (χ1n) is 9.44. The van der Waals surface area contributed by atoms with E-state index in [1.807, 2.05) is 18.2 Å². The fraction of sp³-hybridized carbons (Fsp3) is 0.526. The quantitative estimate of drug-likeness (QED) is 0.360. The third kappa shape index (κ3) is 6.34. The lowest BCUT2D eigenvalue weighted by Crippen LogP contribution is -2.38. The van der Waals surface area contributed by atoms with Crippen molar-refractivity contribution in [3.63, 3.8) is 0 Å². The van der Waals surface area contributed by atoms with Crippen molar-refractivity contribution in [2.75, 3.05) is 13.1 Å². The number of nitrogens with one attached hydrogen (secondary N) is 2. The van der Waals surface area contributed by atoms with Gasteiger partial charge in [-0.25, -0.2) is 4.99 Å². The Balaban J connectivity index is 0.00000261. The van der Waals surface area contributed by atoms with Gasteiger partial charge in [0.25, 0.3) is 0 Å². The monoisotopic (exact) mass is 502 g/mol. The van der Waals surface area contributed by atoms with Gasteiger partial charge in [0.1, 0.15) is 12.4 Å². The van der Waals surface area contributed by atoms with Crippen LogP contribution in [0.2, 0.25) is 5.02 Å². The Morgan fingerprint density at radius 3 is 2.85 bits per heavy atom. The lowest BCUT2D eigenvalue weighted by Gasteiger charge is -2.12. The number of aliphatic imine (C=N–C) groups is 1. The standard InChI is InChI=1S/C19H27ClN6.HI/c1-2-21-19(22-12-11-15-8-5-6-9-16(15)20)23-14-18-25-24-17-10-4-3-7-13-26(17)18;/h5-6,8-9H,2-4,7,10-14H2,1H3,(H2,21,22,23);1H. The van der Waals surface area contributed by atoms with Gasteiger partial charge in [0.05, 0.1) is 0 Å². The molecule has 0 saturated heterocycles. The zero-order chi connectivity index (χ0) is 18.2. The van der Waals surface area contributed by atoms with Crippen LogP contribution in [0.3, 0.4) is 0 Å². The van der Waals surface area contributed by atoms with Crippen LogP contribution in [0.15, 0.2) is 29.3 Å². The Hall–Kier alpha value is -1.35. The Morgan fingerprint density at radius 1 is 1.19 bits per heavy atom. The van der Waals surface area contributed by atoms with Gasteiger partial charge in [0, 0.05) is 31.1 Å². The van der Waals surface area contributed by atoms with Crippen LogP contribution in [0.5, 0.6) is 0 Å². The zero-order valence-electron chi connectivity index (χ0n) is 15.7. The smallest absolute Gasteiger partial charge is 0.191 e. The summed E-state index contributed by atoms with van der Waals surface area (Å²) in [6.45, 7) is 5.19. The molecule has 3 rings (SSSR count). The summed E-state index contributed by atoms with van der Waals surface area (Å²) in [6, 6.07) is 7.94. The highest BCUT2D eigenvalue weighted by Gasteiger charge is 2.14. The predicted octanol–water partition coefficient (Wildman–Crippen LogP) is 3.57. The van der Waals surface area contributed by atoms with E-state index in [4.69, 9.17) is 11.6 Å². The molecule has 0 unspecified atom stereocenters. The third-order valence-corrected chi connectivity index (χ3v) is 4.92. The average Bonchev–Trinajstić information content (AvgIpc) is 2.87. The number of guanidine groups is 1. The number of hydrogen-bond donors (Lipinski definition) is 2. The molecule has 6 nitrogen and oxygen atoms in total. The van der Waals surface area contributed by atoms with Gasteiger partial charge in [-0.1, -0.05) is 36.2 Å². The highest BCUT2D eigenvalue weighted by Crippen LogP contribution is 2.15. The number of nitrogens with zero attached hydrogens (tertiary/aromatic N) is 4. The van der Waals surface area contributed by atoms with E-state index in [1.54, 1.807) is 0 Å². The Morgan fingerprint density at radius 2 is 2.04 bits per heavy atom. The second kappa shape index (κ2) is 11.5. The van der Waals surface area contributed by atoms with E-state index in [0.29, 0.717) is 6.54 Å². The number of benzene rings is 1. The number of halogens is 2. The fourth-order valence-electron chi connectivity index (χ4n) is 3.17. The van der Waals surface area contributed by atoms with Crippen LogP contribution < -0.4 is 10.6 Å². The minimum Gasteiger partial charge on any atom is -0.357 e. The molecule has 1 aliphatic rings. The van der Waals surface area contributed by atoms with E-state index < -0.39 is 0 Å². The Labute approximate surface area is 183 Å². The fourth-order valence-corrected chi connectivity index (χ4v) is 3.40. The number of hydrogen-bond acceptors (Lipinski definition) is 3. The number of fused-ring (bicyclic) bond motifs is 1. The summed E-state index contributed by atoms with van der Waals surface area (Å²) in [6.07, 6.45) is 5.53. The second-order valence-electron chi connectivity index (χ2n) is 6.46. The summed E-state index contributed by atoms with van der Waals surface area (Å²) in [4.78, 5) is 4.69. The van der Waals surface area contributed by atoms with Gasteiger partial charge in [-0.15, -0.1) is 34.2 Å². The molecule has 1 aromatic heterocycles. The van der Waals surface area contributed by atoms with E-state index in [1.165, 1.54) is 19.3 Å². The molecule has 1 aliphatic heterocycles. The van der Waals surface area contributed by atoms with Crippen molar-refractivity contribution in [3.8, 4) is 0 Å². The number of aryl methyl sites for hydroxylation is 1. The predicted molar refractivity (Wildman–Crippen MR) is 121 cm³/mol. The molecule has 0 aliphatic carbocycles. The maximum atomic E-state index is 6.22. The van der Waals surface area contributed by atoms with E-state index in [-0.39, 0.29) is 24.0 Å². The average molecular weight is 503 g/mol. The molecule has 0 saturated carbocycles. The lowest BCUT2D eigenvalue weighted by atomic mass is 10.1. The summed E-state index contributed by atoms with van der Waals surface area (Å²) < 4.78 is 2.24. The summed E-state index contributed by atoms with van der Waals surface area (Å²) in [5.74, 6) is 2.85. The Kier molecular flexibility index (Phi) is 9.33. The van der Waals surface area contributed by atoms with Crippen molar-refractivity contribution in [1.29, 1.82) is 0 Å². The maximum absolute atomic E-state index is 6.22. The van der Waals surface area contributed by atoms with Gasteiger partial charge in [-0.05, 0) is 37.8 Å². The molecule has 2 heterocycles. The van der Waals surface area contributed by atoms with E-state index >= 15 is 0 Å². The molecule has 0 amide bonds. The van der Waals surface area contributed by atoms with Crippen LogP contribution in [0.25, 0.3) is 0 Å². The molecule has 0 atom stereocenters. The zero-order valence-corrected chi connectivity index (χ0v) is 18.8. The van der Waals surface area contributed by atoms with Crippen molar-refractivity contribution in [2.45, 2.75) is 52.1 Å². The second-order valence-corrected chi connectivity index (χ2v) is 6.87. The van der Waals surface area contributed by atoms with Gasteiger partial charge in [0.2, 0.25) is 0 Å². The van der Waals surface area contributed by atoms with Crippen molar-refractivity contribution in [3.05, 3.63) is 46.5 Å². The van der Waals surface area contributed by atoms with Crippen LogP contribution in [0.1, 0.15) is 43.4 Å². The molecule has 2 N–H and O–H groups in total. The van der Waals surface area contributed by atoms with E-state index in [9.17, 15) is 0 Å². The van der Waals surface area contributed by atoms with Crippen LogP contribution >= 0.6 is 35.6 Å². The lowest BCUT2D eigenvalue weighted by molar-refractivity contribution is 0.605.